The van der Waals surface area contributed by atoms with Gasteiger partial charge in [0.15, 0.2) is 0 Å². The minimum atomic E-state index is -2.61. The minimum absolute atomic E-state index is 0.620. The Morgan fingerprint density at radius 1 is 0.500 bits per heavy atom. The van der Waals surface area contributed by atoms with E-state index in [0.717, 1.165) is 81.6 Å². The van der Waals surface area contributed by atoms with E-state index in [1.54, 1.807) is 0 Å². The lowest BCUT2D eigenvalue weighted by Crippen LogP contribution is -2.46. The van der Waals surface area contributed by atoms with Gasteiger partial charge in [0.1, 0.15) is 0 Å². The molecule has 0 aromatic heterocycles. The van der Waals surface area contributed by atoms with Crippen molar-refractivity contribution in [3.63, 3.8) is 0 Å². The molecule has 0 N–H and O–H groups in total. The second-order valence-electron chi connectivity index (χ2n) is 9.49. The first-order valence-electron chi connectivity index (χ1n) is 14.5. The summed E-state index contributed by atoms with van der Waals surface area (Å²) < 4.78 is 37.6. The van der Waals surface area contributed by atoms with Gasteiger partial charge in [-0.25, -0.2) is 0 Å². The van der Waals surface area contributed by atoms with Crippen LogP contribution in [0, 0.1) is 5.92 Å². The van der Waals surface area contributed by atoms with Gasteiger partial charge < -0.3 is 26.6 Å². The van der Waals surface area contributed by atoms with Crippen LogP contribution in [0.3, 0.4) is 0 Å². The Kier molecular flexibility index (Phi) is 25.5. The maximum absolute atomic E-state index is 6.37. The Labute approximate surface area is 234 Å². The van der Waals surface area contributed by atoms with Gasteiger partial charge >= 0.3 is 17.6 Å². The first kappa shape index (κ1) is 36.9. The molecule has 0 amide bonds. The van der Waals surface area contributed by atoms with E-state index in [9.17, 15) is 0 Å². The average Bonchev–Trinajstić information content (AvgIpc) is 2.87. The van der Waals surface area contributed by atoms with Crippen molar-refractivity contribution in [3.8, 4) is 0 Å². The van der Waals surface area contributed by atoms with Crippen LogP contribution in [0.1, 0.15) is 99.8 Å². The van der Waals surface area contributed by atoms with Crippen molar-refractivity contribution >= 4 is 39.2 Å². The van der Waals surface area contributed by atoms with Gasteiger partial charge in [-0.15, -0.1) is 0 Å². The van der Waals surface area contributed by atoms with Crippen molar-refractivity contribution in [2.24, 2.45) is 5.92 Å². The first-order chi connectivity index (χ1) is 17.4. The summed E-state index contributed by atoms with van der Waals surface area (Å²) in [4.78, 5) is 0. The molecule has 0 bridgehead atoms. The predicted octanol–water partition coefficient (Wildman–Crippen LogP) is 8.22. The molecule has 6 nitrogen and oxygen atoms in total. The highest BCUT2D eigenvalue weighted by Crippen LogP contribution is 2.29. The summed E-state index contributed by atoms with van der Waals surface area (Å²) in [5, 5.41) is 0. The molecule has 0 aromatic carbocycles. The molecule has 0 saturated carbocycles. The fraction of sp³-hybridized carbons (Fsp3) is 1.00. The van der Waals surface area contributed by atoms with Gasteiger partial charge in [0.2, 0.25) is 0 Å². The van der Waals surface area contributed by atoms with Gasteiger partial charge in [0.05, 0.1) is 0 Å². The van der Waals surface area contributed by atoms with Crippen LogP contribution in [0.4, 0.5) is 0 Å². The van der Waals surface area contributed by atoms with Crippen molar-refractivity contribution in [1.29, 1.82) is 0 Å². The molecular formula is C26H58O6S2Si2. The molecule has 0 rings (SSSR count). The molecule has 0 saturated heterocycles. The molecule has 0 radical (unpaired) electrons. The lowest BCUT2D eigenvalue weighted by Gasteiger charge is -2.30. The molecule has 0 heterocycles. The summed E-state index contributed by atoms with van der Waals surface area (Å²) in [6.45, 7) is 19.5. The molecule has 0 aliphatic rings. The summed E-state index contributed by atoms with van der Waals surface area (Å²) in [6.07, 6.45) is 8.08. The smallest absolute Gasteiger partial charge is 0.373 e. The number of hydrogen-bond donors (Lipinski definition) is 0. The minimum Gasteiger partial charge on any atom is -0.373 e. The van der Waals surface area contributed by atoms with E-state index in [-0.39, 0.29) is 0 Å². The molecule has 0 atom stereocenters. The second-order valence-corrected chi connectivity index (χ2v) is 17.7. The van der Waals surface area contributed by atoms with E-state index >= 15 is 0 Å². The summed E-state index contributed by atoms with van der Waals surface area (Å²) >= 11 is 0. The highest BCUT2D eigenvalue weighted by atomic mass is 33.1. The van der Waals surface area contributed by atoms with Crippen LogP contribution < -0.4 is 0 Å². The molecule has 218 valence electrons. The highest BCUT2D eigenvalue weighted by Gasteiger charge is 2.41. The van der Waals surface area contributed by atoms with Crippen LogP contribution in [0.2, 0.25) is 12.1 Å². The SMILES string of the molecule is CCCO[Si](CCCSSCCC[Si](OCCC)(OCCC)OCCC(C)C)(OCCC)OCCC. The third kappa shape index (κ3) is 19.0. The van der Waals surface area contributed by atoms with Gasteiger partial charge in [-0.1, -0.05) is 70.1 Å². The normalized spacial score (nSPS) is 12.7. The molecule has 10 heteroatoms. The van der Waals surface area contributed by atoms with Gasteiger partial charge in [0, 0.05) is 63.2 Å². The lowest BCUT2D eigenvalue weighted by molar-refractivity contribution is 0.0559. The molecule has 0 fully saturated rings. The van der Waals surface area contributed by atoms with Gasteiger partial charge in [-0.3, -0.25) is 0 Å². The van der Waals surface area contributed by atoms with E-state index < -0.39 is 17.6 Å². The highest BCUT2D eigenvalue weighted by molar-refractivity contribution is 8.76. The maximum atomic E-state index is 6.37. The van der Waals surface area contributed by atoms with Gasteiger partial charge in [0.25, 0.3) is 0 Å². The van der Waals surface area contributed by atoms with Crippen LogP contribution in [-0.2, 0) is 26.6 Å². The van der Waals surface area contributed by atoms with Crippen molar-refractivity contribution in [3.05, 3.63) is 0 Å². The Morgan fingerprint density at radius 3 is 1.08 bits per heavy atom. The van der Waals surface area contributed by atoms with Gasteiger partial charge in [-0.05, 0) is 57.3 Å². The third-order valence-corrected chi connectivity index (χ3v) is 13.5. The molecule has 0 spiro atoms. The topological polar surface area (TPSA) is 55.4 Å². The third-order valence-electron chi connectivity index (χ3n) is 5.15. The summed E-state index contributed by atoms with van der Waals surface area (Å²) in [7, 11) is -1.30. The number of hydrogen-bond acceptors (Lipinski definition) is 8. The van der Waals surface area contributed by atoms with E-state index in [1.807, 2.05) is 21.6 Å². The molecule has 0 unspecified atom stereocenters. The Bertz CT molecular complexity index is 448. The Balaban J connectivity index is 4.59. The monoisotopic (exact) mass is 586 g/mol. The van der Waals surface area contributed by atoms with Gasteiger partial charge in [-0.2, -0.15) is 0 Å². The van der Waals surface area contributed by atoms with E-state index in [0.29, 0.717) is 39.0 Å². The van der Waals surface area contributed by atoms with Crippen LogP contribution in [0.15, 0.2) is 0 Å². The molecule has 36 heavy (non-hydrogen) atoms. The zero-order chi connectivity index (χ0) is 27.0. The Morgan fingerprint density at radius 2 is 0.806 bits per heavy atom. The average molecular weight is 587 g/mol. The van der Waals surface area contributed by atoms with Crippen molar-refractivity contribution < 1.29 is 26.6 Å². The van der Waals surface area contributed by atoms with Crippen LogP contribution in [0.5, 0.6) is 0 Å². The van der Waals surface area contributed by atoms with E-state index in [4.69, 9.17) is 26.6 Å². The lowest BCUT2D eigenvalue weighted by atomic mass is 10.2. The van der Waals surface area contributed by atoms with Crippen molar-refractivity contribution in [2.75, 3.05) is 51.1 Å². The largest absolute Gasteiger partial charge is 0.500 e. The van der Waals surface area contributed by atoms with Crippen LogP contribution in [0.25, 0.3) is 0 Å². The van der Waals surface area contributed by atoms with E-state index in [2.05, 4.69) is 48.5 Å². The molecule has 0 aliphatic heterocycles. The molecule has 0 aromatic rings. The number of rotatable bonds is 28. The van der Waals surface area contributed by atoms with Crippen LogP contribution >= 0.6 is 21.6 Å². The summed E-state index contributed by atoms with van der Waals surface area (Å²) in [5.41, 5.74) is 0. The predicted molar refractivity (Wildman–Crippen MR) is 162 cm³/mol. The second kappa shape index (κ2) is 24.9. The maximum Gasteiger partial charge on any atom is 0.500 e. The first-order valence-corrected chi connectivity index (χ1v) is 20.9. The summed E-state index contributed by atoms with van der Waals surface area (Å²) in [5.74, 6) is 2.77. The van der Waals surface area contributed by atoms with Crippen molar-refractivity contribution in [2.45, 2.75) is 112 Å². The Hall–Kier alpha value is 0.894. The standard InChI is InChI=1S/C26H58O6S2Si2/c1-8-16-27-35(28-17-9-2,29-18-10-3)24-13-22-33-34-23-14-25-36(30-19-11-4,31-20-12-5)32-21-15-26(6)7/h26H,8-25H2,1-7H3. The van der Waals surface area contributed by atoms with Crippen molar-refractivity contribution in [1.82, 2.24) is 0 Å². The molecule has 0 aliphatic carbocycles. The quantitative estimate of drug-likeness (QED) is 0.0516. The zero-order valence-corrected chi connectivity index (χ0v) is 28.2. The molecular weight excluding hydrogens is 529 g/mol. The summed E-state index contributed by atoms with van der Waals surface area (Å²) in [6, 6.07) is 1.80. The zero-order valence-electron chi connectivity index (χ0n) is 24.6. The van der Waals surface area contributed by atoms with E-state index in [1.165, 1.54) is 0 Å². The van der Waals surface area contributed by atoms with Crippen LogP contribution in [-0.4, -0.2) is 68.8 Å². The fourth-order valence-corrected chi connectivity index (χ4v) is 11.5. The fourth-order valence-electron chi connectivity index (χ4n) is 3.23.